The summed E-state index contributed by atoms with van der Waals surface area (Å²) in [7, 11) is 0. The number of benzene rings is 1. The second-order valence-corrected chi connectivity index (χ2v) is 6.15. The highest BCUT2D eigenvalue weighted by atomic mass is 32.1. The van der Waals surface area contributed by atoms with Crippen molar-refractivity contribution >= 4 is 23.1 Å². The minimum atomic E-state index is 0.0135. The zero-order chi connectivity index (χ0) is 16.1. The summed E-state index contributed by atoms with van der Waals surface area (Å²) in [5.74, 6) is 0.714. The Morgan fingerprint density at radius 3 is 2.61 bits per heavy atom. The van der Waals surface area contributed by atoms with E-state index in [0.717, 1.165) is 22.4 Å². The smallest absolute Gasteiger partial charge is 0.269 e. The van der Waals surface area contributed by atoms with Crippen molar-refractivity contribution in [3.05, 3.63) is 71.1 Å². The number of amides is 1. The summed E-state index contributed by atoms with van der Waals surface area (Å²) >= 11 is 1.46. The Hall–Kier alpha value is -2.46. The van der Waals surface area contributed by atoms with E-state index < -0.39 is 0 Å². The Kier molecular flexibility index (Phi) is 4.83. The molecule has 0 aliphatic carbocycles. The van der Waals surface area contributed by atoms with Crippen molar-refractivity contribution in [2.45, 2.75) is 13.3 Å². The third-order valence-corrected chi connectivity index (χ3v) is 4.41. The number of nitrogens with zero attached hydrogens (tertiary/aromatic N) is 2. The SMILES string of the molecule is CCCN(C(=O)c1cccs1)c1cc(-c2ccccc2)ccn1. The maximum atomic E-state index is 12.7. The van der Waals surface area contributed by atoms with E-state index in [9.17, 15) is 4.79 Å². The molecule has 0 saturated carbocycles. The molecule has 3 nitrogen and oxygen atoms in total. The van der Waals surface area contributed by atoms with Crippen molar-refractivity contribution in [2.75, 3.05) is 11.4 Å². The van der Waals surface area contributed by atoms with Crippen LogP contribution in [0, 0.1) is 0 Å². The number of pyridine rings is 1. The number of hydrogen-bond acceptors (Lipinski definition) is 3. The van der Waals surface area contributed by atoms with Crippen LogP contribution in [0.4, 0.5) is 5.82 Å². The molecule has 0 radical (unpaired) electrons. The topological polar surface area (TPSA) is 33.2 Å². The molecule has 0 spiro atoms. The van der Waals surface area contributed by atoms with Crippen LogP contribution in [0.15, 0.2) is 66.2 Å². The summed E-state index contributed by atoms with van der Waals surface area (Å²) in [6.45, 7) is 2.72. The van der Waals surface area contributed by atoms with Gasteiger partial charge in [-0.15, -0.1) is 11.3 Å². The van der Waals surface area contributed by atoms with Crippen LogP contribution in [-0.2, 0) is 0 Å². The van der Waals surface area contributed by atoms with E-state index in [2.05, 4.69) is 24.0 Å². The van der Waals surface area contributed by atoms with Gasteiger partial charge in [0.1, 0.15) is 5.82 Å². The number of hydrogen-bond donors (Lipinski definition) is 0. The first-order chi connectivity index (χ1) is 11.3. The zero-order valence-electron chi connectivity index (χ0n) is 13.0. The van der Waals surface area contributed by atoms with Crippen molar-refractivity contribution in [3.63, 3.8) is 0 Å². The minimum absolute atomic E-state index is 0.0135. The number of thiophene rings is 1. The number of carbonyl (C=O) groups excluding carboxylic acids is 1. The predicted octanol–water partition coefficient (Wildman–Crippen LogP) is 4.87. The average Bonchev–Trinajstić information content (AvgIpc) is 3.15. The van der Waals surface area contributed by atoms with E-state index in [1.165, 1.54) is 11.3 Å². The minimum Gasteiger partial charge on any atom is -0.292 e. The number of aromatic nitrogens is 1. The molecular formula is C19H18N2OS. The Labute approximate surface area is 140 Å². The number of anilines is 1. The second kappa shape index (κ2) is 7.20. The molecule has 2 heterocycles. The van der Waals surface area contributed by atoms with Crippen molar-refractivity contribution in [1.82, 2.24) is 4.98 Å². The van der Waals surface area contributed by atoms with Crippen LogP contribution in [0.25, 0.3) is 11.1 Å². The highest BCUT2D eigenvalue weighted by Gasteiger charge is 2.19. The summed E-state index contributed by atoms with van der Waals surface area (Å²) in [4.78, 5) is 19.7. The Bertz CT molecular complexity index is 769. The molecule has 1 aromatic carbocycles. The molecule has 0 N–H and O–H groups in total. The lowest BCUT2D eigenvalue weighted by Crippen LogP contribution is -2.31. The monoisotopic (exact) mass is 322 g/mol. The molecule has 3 rings (SSSR count). The standard InChI is InChI=1S/C19H18N2OS/c1-2-12-21(19(22)17-9-6-13-23-17)18-14-16(10-11-20-18)15-7-4-3-5-8-15/h3-11,13-14H,2,12H2,1H3. The maximum absolute atomic E-state index is 12.7. The lowest BCUT2D eigenvalue weighted by Gasteiger charge is -2.21. The van der Waals surface area contributed by atoms with Crippen molar-refractivity contribution < 1.29 is 4.79 Å². The van der Waals surface area contributed by atoms with Gasteiger partial charge < -0.3 is 0 Å². The molecule has 0 fully saturated rings. The second-order valence-electron chi connectivity index (χ2n) is 5.20. The molecule has 0 saturated heterocycles. The number of carbonyl (C=O) groups is 1. The van der Waals surface area contributed by atoms with Gasteiger partial charge >= 0.3 is 0 Å². The third kappa shape index (κ3) is 3.48. The first kappa shape index (κ1) is 15.4. The summed E-state index contributed by atoms with van der Waals surface area (Å²) in [6.07, 6.45) is 2.65. The summed E-state index contributed by atoms with van der Waals surface area (Å²) in [5, 5.41) is 1.92. The third-order valence-electron chi connectivity index (χ3n) is 3.55. The van der Waals surface area contributed by atoms with Gasteiger partial charge in [0.25, 0.3) is 5.91 Å². The Morgan fingerprint density at radius 1 is 1.09 bits per heavy atom. The number of rotatable bonds is 5. The van der Waals surface area contributed by atoms with Crippen LogP contribution < -0.4 is 4.90 Å². The van der Waals surface area contributed by atoms with Gasteiger partial charge in [-0.3, -0.25) is 9.69 Å². The fourth-order valence-corrected chi connectivity index (χ4v) is 3.13. The molecule has 0 unspecified atom stereocenters. The fraction of sp³-hybridized carbons (Fsp3) is 0.158. The Morgan fingerprint density at radius 2 is 1.91 bits per heavy atom. The largest absolute Gasteiger partial charge is 0.292 e. The predicted molar refractivity (Wildman–Crippen MR) is 96.0 cm³/mol. The van der Waals surface area contributed by atoms with Gasteiger partial charge in [-0.2, -0.15) is 0 Å². The van der Waals surface area contributed by atoms with Crippen molar-refractivity contribution in [3.8, 4) is 11.1 Å². The molecule has 0 bridgehead atoms. The van der Waals surface area contributed by atoms with Crippen LogP contribution in [0.3, 0.4) is 0 Å². The van der Waals surface area contributed by atoms with E-state index >= 15 is 0 Å². The first-order valence-electron chi connectivity index (χ1n) is 7.66. The summed E-state index contributed by atoms with van der Waals surface area (Å²) in [6, 6.07) is 17.8. The van der Waals surface area contributed by atoms with Gasteiger partial charge in [-0.05, 0) is 41.1 Å². The van der Waals surface area contributed by atoms with Gasteiger partial charge in [-0.25, -0.2) is 4.98 Å². The van der Waals surface area contributed by atoms with Crippen molar-refractivity contribution in [2.24, 2.45) is 0 Å². The summed E-state index contributed by atoms with van der Waals surface area (Å²) < 4.78 is 0. The molecule has 0 atom stereocenters. The summed E-state index contributed by atoms with van der Waals surface area (Å²) in [5.41, 5.74) is 2.19. The molecule has 116 valence electrons. The average molecular weight is 322 g/mol. The Balaban J connectivity index is 1.96. The fourth-order valence-electron chi connectivity index (χ4n) is 2.45. The zero-order valence-corrected chi connectivity index (χ0v) is 13.8. The highest BCUT2D eigenvalue weighted by molar-refractivity contribution is 7.12. The van der Waals surface area contributed by atoms with Crippen LogP contribution in [0.2, 0.25) is 0 Å². The van der Waals surface area contributed by atoms with Gasteiger partial charge in [0.2, 0.25) is 0 Å². The molecule has 23 heavy (non-hydrogen) atoms. The van der Waals surface area contributed by atoms with Crippen LogP contribution in [0.5, 0.6) is 0 Å². The van der Waals surface area contributed by atoms with Gasteiger partial charge in [-0.1, -0.05) is 43.3 Å². The van der Waals surface area contributed by atoms with Crippen LogP contribution in [-0.4, -0.2) is 17.4 Å². The first-order valence-corrected chi connectivity index (χ1v) is 8.54. The van der Waals surface area contributed by atoms with E-state index in [0.29, 0.717) is 12.4 Å². The normalized spacial score (nSPS) is 10.5. The maximum Gasteiger partial charge on any atom is 0.269 e. The van der Waals surface area contributed by atoms with Gasteiger partial charge in [0.15, 0.2) is 0 Å². The van der Waals surface area contributed by atoms with E-state index in [-0.39, 0.29) is 5.91 Å². The van der Waals surface area contributed by atoms with E-state index in [1.54, 1.807) is 11.1 Å². The highest BCUT2D eigenvalue weighted by Crippen LogP contribution is 2.24. The quantitative estimate of drug-likeness (QED) is 0.671. The molecular weight excluding hydrogens is 304 g/mol. The molecule has 2 aromatic heterocycles. The van der Waals surface area contributed by atoms with Crippen molar-refractivity contribution in [1.29, 1.82) is 0 Å². The van der Waals surface area contributed by atoms with Crippen LogP contribution in [0.1, 0.15) is 23.0 Å². The van der Waals surface area contributed by atoms with Gasteiger partial charge in [0.05, 0.1) is 4.88 Å². The lowest BCUT2D eigenvalue weighted by atomic mass is 10.1. The van der Waals surface area contributed by atoms with E-state index in [1.807, 2.05) is 47.8 Å². The van der Waals surface area contributed by atoms with Crippen LogP contribution >= 0.6 is 11.3 Å². The molecule has 0 aliphatic rings. The van der Waals surface area contributed by atoms with Gasteiger partial charge in [0, 0.05) is 12.7 Å². The molecule has 3 aromatic rings. The lowest BCUT2D eigenvalue weighted by molar-refractivity contribution is 0.0990. The molecule has 0 aliphatic heterocycles. The van der Waals surface area contributed by atoms with E-state index in [4.69, 9.17) is 0 Å². The molecule has 4 heteroatoms. The molecule has 1 amide bonds.